The van der Waals surface area contributed by atoms with Crippen LogP contribution in [0, 0.1) is 5.92 Å². The molecule has 1 atom stereocenters. The molecular weight excluding hydrogens is 227 g/mol. The third kappa shape index (κ3) is 2.59. The molecule has 1 aromatic rings. The van der Waals surface area contributed by atoms with E-state index in [4.69, 9.17) is 0 Å². The first-order valence-electron chi connectivity index (χ1n) is 4.92. The second-order valence-electron chi connectivity index (χ2n) is 3.74. The van der Waals surface area contributed by atoms with E-state index in [9.17, 15) is 14.3 Å². The van der Waals surface area contributed by atoms with Crippen molar-refractivity contribution in [2.45, 2.75) is 13.8 Å². The Balaban J connectivity index is 3.32. The van der Waals surface area contributed by atoms with E-state index >= 15 is 0 Å². The third-order valence-corrected chi connectivity index (χ3v) is 3.74. The molecule has 0 aliphatic carbocycles. The van der Waals surface area contributed by atoms with E-state index in [1.807, 2.05) is 0 Å². The van der Waals surface area contributed by atoms with Crippen molar-refractivity contribution in [2.24, 2.45) is 5.92 Å². The van der Waals surface area contributed by atoms with Gasteiger partial charge in [0.25, 0.3) is 0 Å². The van der Waals surface area contributed by atoms with E-state index in [0.717, 1.165) is 7.11 Å². The van der Waals surface area contributed by atoms with Gasteiger partial charge in [-0.05, 0) is 6.07 Å². The van der Waals surface area contributed by atoms with Gasteiger partial charge in [0.15, 0.2) is 5.78 Å². The lowest BCUT2D eigenvalue weighted by molar-refractivity contribution is 0.0940. The molecule has 16 heavy (non-hydrogen) atoms. The molecule has 0 bridgehead atoms. The van der Waals surface area contributed by atoms with Gasteiger partial charge in [0, 0.05) is 18.6 Å². The van der Waals surface area contributed by atoms with Crippen LogP contribution in [0.5, 0.6) is 0 Å². The summed E-state index contributed by atoms with van der Waals surface area (Å²) < 4.78 is 16.3. The van der Waals surface area contributed by atoms with Crippen molar-refractivity contribution in [2.75, 3.05) is 7.11 Å². The first-order valence-corrected chi connectivity index (χ1v) is 6.50. The number of Topliss-reactive ketones (excluding diaryl/α,β-unsaturated/α-hetero) is 1. The maximum absolute atomic E-state index is 11.8. The molecule has 1 rings (SSSR count). The normalized spacial score (nSPS) is 14.8. The maximum Gasteiger partial charge on any atom is 0.359 e. The molecule has 4 nitrogen and oxygen atoms in total. The Kier molecular flexibility index (Phi) is 4.03. The highest BCUT2D eigenvalue weighted by atomic mass is 31.2. The highest BCUT2D eigenvalue weighted by molar-refractivity contribution is 7.61. The van der Waals surface area contributed by atoms with Crippen molar-refractivity contribution in [1.82, 2.24) is 0 Å². The SMILES string of the molecule is COP(=O)(O)c1ccccc1C(=O)C(C)C. The van der Waals surface area contributed by atoms with Crippen LogP contribution in [-0.2, 0) is 9.09 Å². The van der Waals surface area contributed by atoms with Crippen molar-refractivity contribution in [3.05, 3.63) is 29.8 Å². The van der Waals surface area contributed by atoms with Gasteiger partial charge in [-0.15, -0.1) is 0 Å². The van der Waals surface area contributed by atoms with Crippen LogP contribution in [0.1, 0.15) is 24.2 Å². The Bertz CT molecular complexity index is 439. The zero-order valence-corrected chi connectivity index (χ0v) is 10.4. The number of benzene rings is 1. The largest absolute Gasteiger partial charge is 0.359 e. The van der Waals surface area contributed by atoms with Gasteiger partial charge in [-0.25, -0.2) is 0 Å². The number of ketones is 1. The van der Waals surface area contributed by atoms with Crippen molar-refractivity contribution >= 4 is 18.7 Å². The smallest absolute Gasteiger partial charge is 0.321 e. The van der Waals surface area contributed by atoms with Crippen LogP contribution in [0.3, 0.4) is 0 Å². The van der Waals surface area contributed by atoms with Crippen LogP contribution >= 0.6 is 7.60 Å². The Labute approximate surface area is 94.8 Å². The lowest BCUT2D eigenvalue weighted by Crippen LogP contribution is -2.19. The average molecular weight is 242 g/mol. The van der Waals surface area contributed by atoms with Gasteiger partial charge in [0.2, 0.25) is 0 Å². The minimum Gasteiger partial charge on any atom is -0.321 e. The van der Waals surface area contributed by atoms with E-state index in [1.54, 1.807) is 32.0 Å². The minimum absolute atomic E-state index is 0.0659. The number of carbonyl (C=O) groups is 1. The Morgan fingerprint density at radius 1 is 1.38 bits per heavy atom. The van der Waals surface area contributed by atoms with E-state index in [1.165, 1.54) is 6.07 Å². The highest BCUT2D eigenvalue weighted by Gasteiger charge is 2.27. The molecule has 0 spiro atoms. The summed E-state index contributed by atoms with van der Waals surface area (Å²) in [4.78, 5) is 21.4. The molecule has 88 valence electrons. The number of carbonyl (C=O) groups excluding carboxylic acids is 1. The Morgan fingerprint density at radius 3 is 2.44 bits per heavy atom. The minimum atomic E-state index is -3.88. The van der Waals surface area contributed by atoms with Crippen molar-refractivity contribution in [3.63, 3.8) is 0 Å². The van der Waals surface area contributed by atoms with Gasteiger partial charge >= 0.3 is 7.60 Å². The first-order chi connectivity index (χ1) is 7.40. The molecular formula is C11H15O4P. The van der Waals surface area contributed by atoms with Gasteiger partial charge in [-0.2, -0.15) is 0 Å². The van der Waals surface area contributed by atoms with Crippen LogP contribution < -0.4 is 5.30 Å². The second kappa shape index (κ2) is 4.91. The number of rotatable bonds is 4. The molecule has 0 aromatic heterocycles. The topological polar surface area (TPSA) is 63.6 Å². The molecule has 0 radical (unpaired) electrons. The predicted octanol–water partition coefficient (Wildman–Crippen LogP) is 1.98. The van der Waals surface area contributed by atoms with Gasteiger partial charge in [-0.3, -0.25) is 9.36 Å². The van der Waals surface area contributed by atoms with Crippen LogP contribution in [0.15, 0.2) is 24.3 Å². The summed E-state index contributed by atoms with van der Waals surface area (Å²) in [5.74, 6) is -0.389. The lowest BCUT2D eigenvalue weighted by Gasteiger charge is -2.14. The molecule has 1 N–H and O–H groups in total. The van der Waals surface area contributed by atoms with Crippen LogP contribution in [0.2, 0.25) is 0 Å². The molecule has 0 aliphatic rings. The molecule has 0 saturated heterocycles. The first kappa shape index (κ1) is 13.1. The third-order valence-electron chi connectivity index (χ3n) is 2.25. The Morgan fingerprint density at radius 2 is 1.94 bits per heavy atom. The quantitative estimate of drug-likeness (QED) is 0.647. The van der Waals surface area contributed by atoms with Gasteiger partial charge in [0.05, 0.1) is 5.30 Å². The monoisotopic (exact) mass is 242 g/mol. The summed E-state index contributed by atoms with van der Waals surface area (Å²) in [6.07, 6.45) is 0. The van der Waals surface area contributed by atoms with Gasteiger partial charge in [-0.1, -0.05) is 32.0 Å². The molecule has 5 heteroatoms. The standard InChI is InChI=1S/C11H15O4P/c1-8(2)11(12)9-6-4-5-7-10(9)16(13,14)15-3/h4-8H,1-3H3,(H,13,14). The highest BCUT2D eigenvalue weighted by Crippen LogP contribution is 2.40. The van der Waals surface area contributed by atoms with E-state index < -0.39 is 7.60 Å². The zero-order valence-electron chi connectivity index (χ0n) is 9.51. The Hall–Kier alpha value is -0.960. The van der Waals surface area contributed by atoms with Gasteiger partial charge < -0.3 is 9.42 Å². The molecule has 1 aromatic carbocycles. The van der Waals surface area contributed by atoms with E-state index in [0.29, 0.717) is 0 Å². The summed E-state index contributed by atoms with van der Waals surface area (Å²) >= 11 is 0. The summed E-state index contributed by atoms with van der Waals surface area (Å²) in [6, 6.07) is 6.25. The molecule has 0 heterocycles. The lowest BCUT2D eigenvalue weighted by atomic mass is 10.0. The fourth-order valence-electron chi connectivity index (χ4n) is 1.34. The fourth-order valence-corrected chi connectivity index (χ4v) is 2.30. The summed E-state index contributed by atoms with van der Waals surface area (Å²) in [5, 5.41) is 0.0659. The summed E-state index contributed by atoms with van der Waals surface area (Å²) in [5.41, 5.74) is 0.255. The molecule has 0 saturated carbocycles. The molecule has 0 aliphatic heterocycles. The fraction of sp³-hybridized carbons (Fsp3) is 0.364. The summed E-state index contributed by atoms with van der Waals surface area (Å²) in [6.45, 7) is 3.49. The predicted molar refractivity (Wildman–Crippen MR) is 62.1 cm³/mol. The zero-order chi connectivity index (χ0) is 12.3. The van der Waals surface area contributed by atoms with Crippen molar-refractivity contribution in [3.8, 4) is 0 Å². The average Bonchev–Trinajstić information content (AvgIpc) is 2.28. The van der Waals surface area contributed by atoms with Crippen LogP contribution in [0.25, 0.3) is 0 Å². The van der Waals surface area contributed by atoms with E-state index in [-0.39, 0.29) is 22.6 Å². The van der Waals surface area contributed by atoms with Crippen LogP contribution in [0.4, 0.5) is 0 Å². The second-order valence-corrected chi connectivity index (χ2v) is 5.63. The van der Waals surface area contributed by atoms with Crippen molar-refractivity contribution in [1.29, 1.82) is 0 Å². The summed E-state index contributed by atoms with van der Waals surface area (Å²) in [7, 11) is -2.73. The number of hydrogen-bond acceptors (Lipinski definition) is 3. The maximum atomic E-state index is 11.8. The van der Waals surface area contributed by atoms with E-state index in [2.05, 4.69) is 4.52 Å². The van der Waals surface area contributed by atoms with Crippen LogP contribution in [-0.4, -0.2) is 17.8 Å². The molecule has 1 unspecified atom stereocenters. The van der Waals surface area contributed by atoms with Gasteiger partial charge in [0.1, 0.15) is 0 Å². The number of hydrogen-bond donors (Lipinski definition) is 1. The molecule has 0 fully saturated rings. The van der Waals surface area contributed by atoms with Crippen molar-refractivity contribution < 1.29 is 18.8 Å². The molecule has 0 amide bonds.